The van der Waals surface area contributed by atoms with Crippen molar-refractivity contribution in [2.24, 2.45) is 0 Å². The van der Waals surface area contributed by atoms with E-state index >= 15 is 0 Å². The number of carbonyl (C=O) groups is 2. The molecular weight excluding hydrogens is 354 g/mol. The first-order valence-corrected chi connectivity index (χ1v) is 9.06. The standard InChI is InChI=1S/C23H19NO4/c1-3-28-14-10-8-13(9-11-14)17-12-18(25)19-20(21(17)24-2)23(27)16-7-5-4-6-15(16)22(19)26/h4-12,24-25H,3H2,1-2H3. The second-order valence-corrected chi connectivity index (χ2v) is 6.48. The van der Waals surface area contributed by atoms with E-state index in [1.165, 1.54) is 6.07 Å². The summed E-state index contributed by atoms with van der Waals surface area (Å²) in [6.07, 6.45) is 0. The second kappa shape index (κ2) is 6.85. The molecule has 4 rings (SSSR count). The highest BCUT2D eigenvalue weighted by molar-refractivity contribution is 6.31. The van der Waals surface area contributed by atoms with Crippen molar-refractivity contribution in [1.29, 1.82) is 0 Å². The highest BCUT2D eigenvalue weighted by Gasteiger charge is 2.35. The molecule has 0 aliphatic heterocycles. The zero-order valence-corrected chi connectivity index (χ0v) is 15.6. The van der Waals surface area contributed by atoms with Crippen molar-refractivity contribution in [2.45, 2.75) is 6.92 Å². The number of rotatable bonds is 4. The Labute approximate surface area is 162 Å². The number of fused-ring (bicyclic) bond motifs is 2. The molecule has 0 bridgehead atoms. The van der Waals surface area contributed by atoms with E-state index in [2.05, 4.69) is 5.32 Å². The van der Waals surface area contributed by atoms with Crippen LogP contribution in [0.15, 0.2) is 54.6 Å². The average molecular weight is 373 g/mol. The van der Waals surface area contributed by atoms with E-state index < -0.39 is 0 Å². The first-order chi connectivity index (χ1) is 13.6. The van der Waals surface area contributed by atoms with Crippen LogP contribution in [-0.4, -0.2) is 30.3 Å². The number of carbonyl (C=O) groups excluding carboxylic acids is 2. The van der Waals surface area contributed by atoms with E-state index in [0.29, 0.717) is 29.0 Å². The molecule has 3 aromatic rings. The molecule has 3 aromatic carbocycles. The van der Waals surface area contributed by atoms with Gasteiger partial charge in [0.1, 0.15) is 11.5 Å². The minimum absolute atomic E-state index is 0.0442. The van der Waals surface area contributed by atoms with E-state index in [4.69, 9.17) is 4.74 Å². The van der Waals surface area contributed by atoms with Gasteiger partial charge in [0.05, 0.1) is 23.4 Å². The molecule has 0 aromatic heterocycles. The smallest absolute Gasteiger partial charge is 0.198 e. The molecule has 0 heterocycles. The molecule has 0 atom stereocenters. The number of phenols is 1. The van der Waals surface area contributed by atoms with Gasteiger partial charge in [-0.15, -0.1) is 0 Å². The van der Waals surface area contributed by atoms with Crippen molar-refractivity contribution in [1.82, 2.24) is 0 Å². The number of ketones is 2. The molecule has 140 valence electrons. The number of aromatic hydroxyl groups is 1. The van der Waals surface area contributed by atoms with Crippen molar-refractivity contribution < 1.29 is 19.4 Å². The fourth-order valence-corrected chi connectivity index (χ4v) is 3.66. The van der Waals surface area contributed by atoms with Gasteiger partial charge < -0.3 is 15.2 Å². The fourth-order valence-electron chi connectivity index (χ4n) is 3.66. The minimum atomic E-state index is -0.350. The van der Waals surface area contributed by atoms with E-state index in [-0.39, 0.29) is 28.4 Å². The maximum Gasteiger partial charge on any atom is 0.198 e. The van der Waals surface area contributed by atoms with E-state index in [1.807, 2.05) is 31.2 Å². The van der Waals surface area contributed by atoms with Gasteiger partial charge in [-0.1, -0.05) is 36.4 Å². The molecule has 5 heteroatoms. The van der Waals surface area contributed by atoms with Crippen LogP contribution < -0.4 is 10.1 Å². The number of phenolic OH excluding ortho intramolecular Hbond substituents is 1. The fraction of sp³-hybridized carbons (Fsp3) is 0.130. The first-order valence-electron chi connectivity index (χ1n) is 9.06. The number of nitrogens with one attached hydrogen (secondary N) is 1. The summed E-state index contributed by atoms with van der Waals surface area (Å²) in [5, 5.41) is 13.7. The lowest BCUT2D eigenvalue weighted by molar-refractivity contribution is 0.0977. The van der Waals surface area contributed by atoms with Gasteiger partial charge in [0, 0.05) is 23.7 Å². The molecule has 0 saturated heterocycles. The number of hydrogen-bond donors (Lipinski definition) is 2. The lowest BCUT2D eigenvalue weighted by Gasteiger charge is -2.23. The largest absolute Gasteiger partial charge is 0.507 e. The zero-order chi connectivity index (χ0) is 19.8. The molecule has 0 amide bonds. The maximum atomic E-state index is 13.2. The number of benzene rings is 3. The van der Waals surface area contributed by atoms with Crippen molar-refractivity contribution in [2.75, 3.05) is 19.0 Å². The monoisotopic (exact) mass is 373 g/mol. The Morgan fingerprint density at radius 3 is 2.07 bits per heavy atom. The van der Waals surface area contributed by atoms with Gasteiger partial charge in [-0.2, -0.15) is 0 Å². The van der Waals surface area contributed by atoms with Crippen LogP contribution in [-0.2, 0) is 0 Å². The lowest BCUT2D eigenvalue weighted by atomic mass is 9.81. The predicted octanol–water partition coefficient (Wildman–Crippen LogP) is 4.28. The summed E-state index contributed by atoms with van der Waals surface area (Å²) in [6, 6.07) is 15.6. The van der Waals surface area contributed by atoms with Gasteiger partial charge in [-0.25, -0.2) is 0 Å². The average Bonchev–Trinajstić information content (AvgIpc) is 2.72. The van der Waals surface area contributed by atoms with Gasteiger partial charge >= 0.3 is 0 Å². The zero-order valence-electron chi connectivity index (χ0n) is 15.6. The molecular formula is C23H19NO4. The molecule has 2 N–H and O–H groups in total. The molecule has 0 unspecified atom stereocenters. The summed E-state index contributed by atoms with van der Waals surface area (Å²) in [7, 11) is 1.70. The molecule has 0 fully saturated rings. The summed E-state index contributed by atoms with van der Waals surface area (Å²) >= 11 is 0. The van der Waals surface area contributed by atoms with E-state index in [0.717, 1.165) is 11.3 Å². The third-order valence-electron chi connectivity index (χ3n) is 4.90. The Morgan fingerprint density at radius 2 is 1.50 bits per heavy atom. The maximum absolute atomic E-state index is 13.2. The second-order valence-electron chi connectivity index (χ2n) is 6.48. The van der Waals surface area contributed by atoms with Crippen LogP contribution in [0, 0.1) is 0 Å². The minimum Gasteiger partial charge on any atom is -0.507 e. The van der Waals surface area contributed by atoms with Gasteiger partial charge in [-0.3, -0.25) is 9.59 Å². The summed E-state index contributed by atoms with van der Waals surface area (Å²) in [4.78, 5) is 26.1. The van der Waals surface area contributed by atoms with Crippen LogP contribution in [0.2, 0.25) is 0 Å². The lowest BCUT2D eigenvalue weighted by Crippen LogP contribution is -2.22. The Bertz CT molecular complexity index is 1100. The number of hydrogen-bond acceptors (Lipinski definition) is 5. The van der Waals surface area contributed by atoms with Crippen molar-refractivity contribution in [3.05, 3.63) is 76.9 Å². The van der Waals surface area contributed by atoms with Crippen LogP contribution in [0.1, 0.15) is 38.8 Å². The molecule has 1 aliphatic carbocycles. The van der Waals surface area contributed by atoms with E-state index in [9.17, 15) is 14.7 Å². The van der Waals surface area contributed by atoms with Crippen molar-refractivity contribution in [3.63, 3.8) is 0 Å². The van der Waals surface area contributed by atoms with Gasteiger partial charge in [0.15, 0.2) is 11.6 Å². The quantitative estimate of drug-likeness (QED) is 0.522. The van der Waals surface area contributed by atoms with Crippen LogP contribution >= 0.6 is 0 Å². The van der Waals surface area contributed by atoms with E-state index in [1.54, 1.807) is 31.3 Å². The number of anilines is 1. The Balaban J connectivity index is 1.94. The Morgan fingerprint density at radius 1 is 0.893 bits per heavy atom. The molecule has 0 saturated carbocycles. The Kier molecular flexibility index (Phi) is 4.35. The molecule has 1 aliphatic rings. The SMILES string of the molecule is CCOc1ccc(-c2cc(O)c3c(c2NC)C(=O)c2ccccc2C3=O)cc1. The van der Waals surface area contributed by atoms with Crippen LogP contribution in [0.5, 0.6) is 11.5 Å². The molecule has 5 nitrogen and oxygen atoms in total. The molecule has 28 heavy (non-hydrogen) atoms. The van der Waals surface area contributed by atoms with Crippen LogP contribution in [0.3, 0.4) is 0 Å². The van der Waals surface area contributed by atoms with Gasteiger partial charge in [-0.05, 0) is 30.7 Å². The molecule has 0 radical (unpaired) electrons. The summed E-state index contributed by atoms with van der Waals surface area (Å²) < 4.78 is 5.47. The summed E-state index contributed by atoms with van der Waals surface area (Å²) in [6.45, 7) is 2.48. The number of ether oxygens (including phenoxy) is 1. The van der Waals surface area contributed by atoms with Crippen molar-refractivity contribution >= 4 is 17.3 Å². The third kappa shape index (κ3) is 2.63. The molecule has 0 spiro atoms. The highest BCUT2D eigenvalue weighted by Crippen LogP contribution is 2.43. The van der Waals surface area contributed by atoms with Crippen LogP contribution in [0.25, 0.3) is 11.1 Å². The third-order valence-corrected chi connectivity index (χ3v) is 4.90. The topological polar surface area (TPSA) is 75.6 Å². The predicted molar refractivity (Wildman–Crippen MR) is 108 cm³/mol. The van der Waals surface area contributed by atoms with Gasteiger partial charge in [0.25, 0.3) is 0 Å². The van der Waals surface area contributed by atoms with Gasteiger partial charge in [0.2, 0.25) is 0 Å². The van der Waals surface area contributed by atoms with Crippen LogP contribution in [0.4, 0.5) is 5.69 Å². The normalized spacial score (nSPS) is 12.4. The highest BCUT2D eigenvalue weighted by atomic mass is 16.5. The summed E-state index contributed by atoms with van der Waals surface area (Å²) in [5.41, 5.74) is 2.86. The Hall–Kier alpha value is -3.60. The first kappa shape index (κ1) is 17.8. The van der Waals surface area contributed by atoms with Crippen molar-refractivity contribution in [3.8, 4) is 22.6 Å². The summed E-state index contributed by atoms with van der Waals surface area (Å²) in [5.74, 6) is -0.0968.